The van der Waals surface area contributed by atoms with Gasteiger partial charge in [0.2, 0.25) is 0 Å². The number of rotatable bonds is 7. The second kappa shape index (κ2) is 8.43. The van der Waals surface area contributed by atoms with Crippen molar-refractivity contribution in [3.05, 3.63) is 0 Å². The van der Waals surface area contributed by atoms with Gasteiger partial charge in [-0.2, -0.15) is 11.8 Å². The number of nitrogens with one attached hydrogen (secondary N) is 1. The number of thioether (sulfide) groups is 1. The van der Waals surface area contributed by atoms with Crippen molar-refractivity contribution in [2.45, 2.75) is 45.1 Å². The second-order valence-corrected chi connectivity index (χ2v) is 5.84. The lowest BCUT2D eigenvalue weighted by Gasteiger charge is -2.27. The summed E-state index contributed by atoms with van der Waals surface area (Å²) in [4.78, 5) is 0. The van der Waals surface area contributed by atoms with Crippen LogP contribution in [0.2, 0.25) is 0 Å². The van der Waals surface area contributed by atoms with Crippen molar-refractivity contribution >= 4 is 11.8 Å². The SMILES string of the molecule is CC1CCCC(NCCSCCCO)C1. The average molecular weight is 231 g/mol. The van der Waals surface area contributed by atoms with E-state index < -0.39 is 0 Å². The Morgan fingerprint density at radius 1 is 1.33 bits per heavy atom. The van der Waals surface area contributed by atoms with Gasteiger partial charge in [-0.3, -0.25) is 0 Å². The first kappa shape index (κ1) is 13.3. The molecule has 1 aliphatic rings. The summed E-state index contributed by atoms with van der Waals surface area (Å²) in [5, 5.41) is 12.3. The van der Waals surface area contributed by atoms with Crippen molar-refractivity contribution in [2.75, 3.05) is 24.7 Å². The van der Waals surface area contributed by atoms with Crippen LogP contribution in [-0.2, 0) is 0 Å². The molecule has 1 saturated carbocycles. The Morgan fingerprint density at radius 3 is 2.93 bits per heavy atom. The topological polar surface area (TPSA) is 32.3 Å². The van der Waals surface area contributed by atoms with Crippen LogP contribution in [0.5, 0.6) is 0 Å². The van der Waals surface area contributed by atoms with Gasteiger partial charge in [0.1, 0.15) is 0 Å². The maximum Gasteiger partial charge on any atom is 0.0438 e. The Labute approximate surface area is 98.2 Å². The highest BCUT2D eigenvalue weighted by molar-refractivity contribution is 7.99. The first-order chi connectivity index (χ1) is 7.33. The molecule has 2 N–H and O–H groups in total. The first-order valence-electron chi connectivity index (χ1n) is 6.25. The maximum absolute atomic E-state index is 8.63. The summed E-state index contributed by atoms with van der Waals surface area (Å²) in [6.07, 6.45) is 6.48. The minimum atomic E-state index is 0.334. The molecular formula is C12H25NOS. The molecule has 0 heterocycles. The zero-order valence-corrected chi connectivity index (χ0v) is 10.7. The predicted molar refractivity (Wildman–Crippen MR) is 68.5 cm³/mol. The summed E-state index contributed by atoms with van der Waals surface area (Å²) in [5.41, 5.74) is 0. The van der Waals surface area contributed by atoms with Gasteiger partial charge >= 0.3 is 0 Å². The van der Waals surface area contributed by atoms with E-state index >= 15 is 0 Å². The van der Waals surface area contributed by atoms with Crippen LogP contribution in [0.15, 0.2) is 0 Å². The lowest BCUT2D eigenvalue weighted by Crippen LogP contribution is -2.34. The fourth-order valence-corrected chi connectivity index (χ4v) is 3.02. The maximum atomic E-state index is 8.63. The van der Waals surface area contributed by atoms with E-state index in [0.29, 0.717) is 6.61 Å². The molecule has 2 unspecified atom stereocenters. The largest absolute Gasteiger partial charge is 0.396 e. The Morgan fingerprint density at radius 2 is 2.20 bits per heavy atom. The highest BCUT2D eigenvalue weighted by atomic mass is 32.2. The monoisotopic (exact) mass is 231 g/mol. The molecule has 0 aliphatic heterocycles. The van der Waals surface area contributed by atoms with E-state index in [0.717, 1.165) is 30.7 Å². The van der Waals surface area contributed by atoms with Gasteiger partial charge in [0.15, 0.2) is 0 Å². The Kier molecular flexibility index (Phi) is 7.49. The molecule has 0 aromatic carbocycles. The Balaban J connectivity index is 1.90. The predicted octanol–water partition coefficient (Wildman–Crippen LogP) is 2.27. The molecule has 0 bridgehead atoms. The van der Waals surface area contributed by atoms with Gasteiger partial charge in [0.25, 0.3) is 0 Å². The van der Waals surface area contributed by atoms with Crippen molar-refractivity contribution in [3.63, 3.8) is 0 Å². The molecule has 1 rings (SSSR count). The summed E-state index contributed by atoms with van der Waals surface area (Å²) in [6.45, 7) is 3.83. The average Bonchev–Trinajstić information content (AvgIpc) is 2.23. The van der Waals surface area contributed by atoms with Crippen LogP contribution in [-0.4, -0.2) is 35.8 Å². The third-order valence-corrected chi connectivity index (χ3v) is 4.13. The normalized spacial score (nSPS) is 26.8. The van der Waals surface area contributed by atoms with E-state index in [-0.39, 0.29) is 0 Å². The summed E-state index contributed by atoms with van der Waals surface area (Å²) in [5.74, 6) is 3.20. The van der Waals surface area contributed by atoms with Crippen molar-refractivity contribution in [1.82, 2.24) is 5.32 Å². The number of aliphatic hydroxyl groups excluding tert-OH is 1. The van der Waals surface area contributed by atoms with Gasteiger partial charge < -0.3 is 10.4 Å². The molecule has 0 amide bonds. The van der Waals surface area contributed by atoms with E-state index in [1.807, 2.05) is 11.8 Å². The molecule has 90 valence electrons. The summed E-state index contributed by atoms with van der Waals surface area (Å²) < 4.78 is 0. The van der Waals surface area contributed by atoms with E-state index in [1.54, 1.807) is 0 Å². The lowest BCUT2D eigenvalue weighted by molar-refractivity contribution is 0.296. The molecule has 0 spiro atoms. The molecule has 0 radical (unpaired) electrons. The van der Waals surface area contributed by atoms with E-state index in [1.165, 1.54) is 31.4 Å². The second-order valence-electron chi connectivity index (χ2n) is 4.61. The number of aliphatic hydroxyl groups is 1. The summed E-state index contributed by atoms with van der Waals surface area (Å²) in [7, 11) is 0. The van der Waals surface area contributed by atoms with E-state index in [9.17, 15) is 0 Å². The zero-order valence-electron chi connectivity index (χ0n) is 9.87. The van der Waals surface area contributed by atoms with Crippen LogP contribution in [0.25, 0.3) is 0 Å². The van der Waals surface area contributed by atoms with Crippen LogP contribution in [0.1, 0.15) is 39.0 Å². The van der Waals surface area contributed by atoms with Crippen LogP contribution in [0.3, 0.4) is 0 Å². The minimum Gasteiger partial charge on any atom is -0.396 e. The molecule has 2 nitrogen and oxygen atoms in total. The Bertz CT molecular complexity index is 155. The van der Waals surface area contributed by atoms with Crippen LogP contribution >= 0.6 is 11.8 Å². The molecule has 15 heavy (non-hydrogen) atoms. The highest BCUT2D eigenvalue weighted by Crippen LogP contribution is 2.23. The van der Waals surface area contributed by atoms with Crippen LogP contribution < -0.4 is 5.32 Å². The van der Waals surface area contributed by atoms with Crippen LogP contribution in [0, 0.1) is 5.92 Å². The molecule has 1 fully saturated rings. The zero-order chi connectivity index (χ0) is 10.9. The number of hydrogen-bond acceptors (Lipinski definition) is 3. The van der Waals surface area contributed by atoms with Gasteiger partial charge in [-0.05, 0) is 30.9 Å². The van der Waals surface area contributed by atoms with E-state index in [2.05, 4.69) is 12.2 Å². The minimum absolute atomic E-state index is 0.334. The first-order valence-corrected chi connectivity index (χ1v) is 7.40. The summed E-state index contributed by atoms with van der Waals surface area (Å²) in [6, 6.07) is 0.771. The highest BCUT2D eigenvalue weighted by Gasteiger charge is 2.17. The van der Waals surface area contributed by atoms with Gasteiger partial charge in [0.05, 0.1) is 0 Å². The van der Waals surface area contributed by atoms with Crippen molar-refractivity contribution in [2.24, 2.45) is 5.92 Å². The molecule has 3 heteroatoms. The Hall–Kier alpha value is 0.270. The van der Waals surface area contributed by atoms with Crippen molar-refractivity contribution in [1.29, 1.82) is 0 Å². The van der Waals surface area contributed by atoms with Gasteiger partial charge in [-0.25, -0.2) is 0 Å². The quantitative estimate of drug-likeness (QED) is 0.659. The van der Waals surface area contributed by atoms with Crippen LogP contribution in [0.4, 0.5) is 0 Å². The number of hydrogen-bond donors (Lipinski definition) is 2. The van der Waals surface area contributed by atoms with Gasteiger partial charge in [-0.15, -0.1) is 0 Å². The molecule has 0 aromatic rings. The molecule has 1 aliphatic carbocycles. The molecule has 2 atom stereocenters. The molecule has 0 aromatic heterocycles. The third kappa shape index (κ3) is 6.44. The fourth-order valence-electron chi connectivity index (χ4n) is 2.22. The van der Waals surface area contributed by atoms with Crippen molar-refractivity contribution in [3.8, 4) is 0 Å². The molecular weight excluding hydrogens is 206 g/mol. The lowest BCUT2D eigenvalue weighted by atomic mass is 9.87. The standard InChI is InChI=1S/C12H25NOS/c1-11-4-2-5-12(10-11)13-6-9-15-8-3-7-14/h11-14H,2-10H2,1H3. The van der Waals surface area contributed by atoms with Gasteiger partial charge in [-0.1, -0.05) is 19.8 Å². The molecule has 0 saturated heterocycles. The smallest absolute Gasteiger partial charge is 0.0438 e. The van der Waals surface area contributed by atoms with E-state index in [4.69, 9.17) is 5.11 Å². The van der Waals surface area contributed by atoms with Gasteiger partial charge in [0, 0.05) is 24.9 Å². The fraction of sp³-hybridized carbons (Fsp3) is 1.00. The third-order valence-electron chi connectivity index (χ3n) is 3.06. The van der Waals surface area contributed by atoms with Crippen molar-refractivity contribution < 1.29 is 5.11 Å². The summed E-state index contributed by atoms with van der Waals surface area (Å²) >= 11 is 1.94.